The molecular weight excluding hydrogens is 333 g/mol. The summed E-state index contributed by atoms with van der Waals surface area (Å²) in [6.45, 7) is 0.126. The van der Waals surface area contributed by atoms with Crippen LogP contribution in [0.5, 0.6) is 0 Å². The number of carbonyl (C=O) groups is 1. The fraction of sp³-hybridized carbons (Fsp3) is 0.118. The lowest BCUT2D eigenvalue weighted by Crippen LogP contribution is -2.24. The Balaban J connectivity index is 1.56. The second-order valence-electron chi connectivity index (χ2n) is 5.09. The Morgan fingerprint density at radius 1 is 1.08 bits per heavy atom. The first-order valence-electron chi connectivity index (χ1n) is 7.19. The van der Waals surface area contributed by atoms with Crippen LogP contribution < -0.4 is 5.32 Å². The van der Waals surface area contributed by atoms with Crippen LogP contribution in [0.1, 0.15) is 11.5 Å². The van der Waals surface area contributed by atoms with Crippen molar-refractivity contribution in [2.24, 2.45) is 0 Å². The summed E-state index contributed by atoms with van der Waals surface area (Å²) >= 11 is 5.83. The smallest absolute Gasteiger partial charge is 0.247 e. The van der Waals surface area contributed by atoms with Crippen molar-refractivity contribution in [1.29, 1.82) is 0 Å². The minimum atomic E-state index is -0.334. The number of benzene rings is 2. The molecule has 0 aliphatic carbocycles. The predicted octanol–water partition coefficient (Wildman–Crippen LogP) is 3.39. The lowest BCUT2D eigenvalue weighted by molar-refractivity contribution is -0.120. The van der Waals surface area contributed by atoms with Gasteiger partial charge in [-0.05, 0) is 42.0 Å². The van der Waals surface area contributed by atoms with Crippen LogP contribution in [0.2, 0.25) is 5.02 Å². The highest BCUT2D eigenvalue weighted by Crippen LogP contribution is 2.20. The average Bonchev–Trinajstić information content (AvgIpc) is 3.05. The second-order valence-corrected chi connectivity index (χ2v) is 5.52. The van der Waals surface area contributed by atoms with Crippen molar-refractivity contribution in [2.75, 3.05) is 0 Å². The van der Waals surface area contributed by atoms with Crippen molar-refractivity contribution in [3.8, 4) is 11.5 Å². The Morgan fingerprint density at radius 3 is 2.50 bits per heavy atom. The van der Waals surface area contributed by atoms with Gasteiger partial charge in [-0.1, -0.05) is 23.7 Å². The minimum absolute atomic E-state index is 0.126. The predicted molar refractivity (Wildman–Crippen MR) is 86.7 cm³/mol. The molecular formula is C17H13ClFN3O2. The van der Waals surface area contributed by atoms with Crippen LogP contribution in [0.15, 0.2) is 52.9 Å². The number of rotatable bonds is 5. The maximum atomic E-state index is 12.8. The summed E-state index contributed by atoms with van der Waals surface area (Å²) in [4.78, 5) is 11.9. The summed E-state index contributed by atoms with van der Waals surface area (Å²) in [5.74, 6) is 0.106. The molecule has 5 nitrogen and oxygen atoms in total. The molecule has 0 fully saturated rings. The first-order chi connectivity index (χ1) is 11.6. The third-order valence-electron chi connectivity index (χ3n) is 3.27. The third-order valence-corrected chi connectivity index (χ3v) is 3.52. The number of hydrogen-bond acceptors (Lipinski definition) is 4. The Kier molecular flexibility index (Phi) is 4.86. The first-order valence-corrected chi connectivity index (χ1v) is 7.57. The zero-order chi connectivity index (χ0) is 16.9. The van der Waals surface area contributed by atoms with Crippen molar-refractivity contribution in [3.05, 3.63) is 70.8 Å². The molecule has 0 saturated heterocycles. The van der Waals surface area contributed by atoms with Crippen molar-refractivity contribution in [2.45, 2.75) is 13.0 Å². The van der Waals surface area contributed by atoms with Crippen molar-refractivity contribution >= 4 is 17.5 Å². The number of halogens is 2. The summed E-state index contributed by atoms with van der Waals surface area (Å²) in [6, 6.07) is 12.8. The summed E-state index contributed by atoms with van der Waals surface area (Å²) in [5, 5.41) is 11.1. The number of nitrogens with zero attached hydrogens (tertiary/aromatic N) is 2. The molecule has 7 heteroatoms. The lowest BCUT2D eigenvalue weighted by Gasteiger charge is -2.02. The van der Waals surface area contributed by atoms with Gasteiger partial charge in [0, 0.05) is 10.6 Å². The highest BCUT2D eigenvalue weighted by atomic mass is 35.5. The molecule has 24 heavy (non-hydrogen) atoms. The second kappa shape index (κ2) is 7.23. The molecule has 2 aromatic carbocycles. The molecule has 0 radical (unpaired) electrons. The quantitative estimate of drug-likeness (QED) is 0.769. The van der Waals surface area contributed by atoms with Crippen LogP contribution in [0, 0.1) is 5.82 Å². The molecule has 1 aromatic heterocycles. The fourth-order valence-corrected chi connectivity index (χ4v) is 2.18. The standard InChI is InChI=1S/C17H13ClFN3O2/c18-13-5-3-12(4-6-13)17-22-21-16(24-17)10-20-15(23)9-11-1-7-14(19)8-2-11/h1-8H,9-10H2,(H,20,23). The molecule has 0 saturated carbocycles. The van der Waals surface area contributed by atoms with Crippen LogP contribution in [-0.4, -0.2) is 16.1 Å². The Hall–Kier alpha value is -2.73. The molecule has 0 unspecified atom stereocenters. The molecule has 1 amide bonds. The molecule has 0 aliphatic heterocycles. The zero-order valence-electron chi connectivity index (χ0n) is 12.5. The van der Waals surface area contributed by atoms with E-state index in [1.165, 1.54) is 12.1 Å². The minimum Gasteiger partial charge on any atom is -0.419 e. The molecule has 0 spiro atoms. The van der Waals surface area contributed by atoms with Crippen molar-refractivity contribution in [1.82, 2.24) is 15.5 Å². The van der Waals surface area contributed by atoms with Gasteiger partial charge in [-0.2, -0.15) is 0 Å². The van der Waals surface area contributed by atoms with E-state index in [1.807, 2.05) is 0 Å². The van der Waals surface area contributed by atoms with E-state index in [-0.39, 0.29) is 24.7 Å². The van der Waals surface area contributed by atoms with E-state index < -0.39 is 0 Å². The van der Waals surface area contributed by atoms with E-state index in [9.17, 15) is 9.18 Å². The van der Waals surface area contributed by atoms with E-state index >= 15 is 0 Å². The Bertz CT molecular complexity index is 832. The van der Waals surface area contributed by atoms with Gasteiger partial charge in [-0.3, -0.25) is 4.79 Å². The van der Waals surface area contributed by atoms with Crippen LogP contribution in [0.3, 0.4) is 0 Å². The van der Waals surface area contributed by atoms with Gasteiger partial charge in [0.05, 0.1) is 13.0 Å². The van der Waals surface area contributed by atoms with Gasteiger partial charge in [0.25, 0.3) is 0 Å². The number of nitrogens with one attached hydrogen (secondary N) is 1. The average molecular weight is 346 g/mol. The monoisotopic (exact) mass is 345 g/mol. The molecule has 1 N–H and O–H groups in total. The van der Waals surface area contributed by atoms with Gasteiger partial charge in [-0.15, -0.1) is 10.2 Å². The molecule has 0 bridgehead atoms. The van der Waals surface area contributed by atoms with E-state index in [0.29, 0.717) is 16.8 Å². The van der Waals surface area contributed by atoms with Crippen LogP contribution >= 0.6 is 11.6 Å². The number of aromatic nitrogens is 2. The van der Waals surface area contributed by atoms with Crippen LogP contribution in [0.25, 0.3) is 11.5 Å². The summed E-state index contributed by atoms with van der Waals surface area (Å²) in [6.07, 6.45) is 0.151. The van der Waals surface area contributed by atoms with Gasteiger partial charge in [0.1, 0.15) is 5.82 Å². The van der Waals surface area contributed by atoms with Crippen molar-refractivity contribution in [3.63, 3.8) is 0 Å². The maximum Gasteiger partial charge on any atom is 0.247 e. The van der Waals surface area contributed by atoms with Gasteiger partial charge in [-0.25, -0.2) is 4.39 Å². The SMILES string of the molecule is O=C(Cc1ccc(F)cc1)NCc1nnc(-c2ccc(Cl)cc2)o1. The normalized spacial score (nSPS) is 10.6. The number of hydrogen-bond donors (Lipinski definition) is 1. The summed E-state index contributed by atoms with van der Waals surface area (Å²) in [7, 11) is 0. The van der Waals surface area contributed by atoms with Gasteiger partial charge < -0.3 is 9.73 Å². The lowest BCUT2D eigenvalue weighted by atomic mass is 10.1. The first kappa shape index (κ1) is 16.1. The van der Waals surface area contributed by atoms with E-state index in [4.69, 9.17) is 16.0 Å². The molecule has 0 aliphatic rings. The molecule has 3 aromatic rings. The molecule has 1 heterocycles. The van der Waals surface area contributed by atoms with Crippen LogP contribution in [-0.2, 0) is 17.8 Å². The fourth-order valence-electron chi connectivity index (χ4n) is 2.06. The molecule has 122 valence electrons. The van der Waals surface area contributed by atoms with Gasteiger partial charge >= 0.3 is 0 Å². The zero-order valence-corrected chi connectivity index (χ0v) is 13.3. The number of carbonyl (C=O) groups excluding carboxylic acids is 1. The van der Waals surface area contributed by atoms with Gasteiger partial charge in [0.15, 0.2) is 0 Å². The summed E-state index contributed by atoms with van der Waals surface area (Å²) in [5.41, 5.74) is 1.47. The maximum absolute atomic E-state index is 12.8. The largest absolute Gasteiger partial charge is 0.419 e. The highest BCUT2D eigenvalue weighted by molar-refractivity contribution is 6.30. The number of amides is 1. The summed E-state index contributed by atoms with van der Waals surface area (Å²) < 4.78 is 18.3. The van der Waals surface area contributed by atoms with E-state index in [1.54, 1.807) is 36.4 Å². The van der Waals surface area contributed by atoms with E-state index in [0.717, 1.165) is 11.1 Å². The highest BCUT2D eigenvalue weighted by Gasteiger charge is 2.10. The molecule has 3 rings (SSSR count). The van der Waals surface area contributed by atoms with Gasteiger partial charge in [0.2, 0.25) is 17.7 Å². The van der Waals surface area contributed by atoms with E-state index in [2.05, 4.69) is 15.5 Å². The van der Waals surface area contributed by atoms with Crippen molar-refractivity contribution < 1.29 is 13.6 Å². The topological polar surface area (TPSA) is 68.0 Å². The Morgan fingerprint density at radius 2 is 1.79 bits per heavy atom. The Labute approximate surface area is 142 Å². The third kappa shape index (κ3) is 4.17. The molecule has 0 atom stereocenters. The van der Waals surface area contributed by atoms with Crippen LogP contribution in [0.4, 0.5) is 4.39 Å².